The van der Waals surface area contributed by atoms with Crippen molar-refractivity contribution in [1.29, 1.82) is 0 Å². The SMILES string of the molecule is CC(=O)N(c1cc(C(=O)O)cc(C(=O)c2ccc(N(C)c3ccc(Cl)cc3)cn2)c1)C1CCOCC1. The molecule has 36 heavy (non-hydrogen) atoms. The lowest BCUT2D eigenvalue weighted by Crippen LogP contribution is -2.42. The van der Waals surface area contributed by atoms with Gasteiger partial charge in [0.15, 0.2) is 0 Å². The molecule has 0 atom stereocenters. The van der Waals surface area contributed by atoms with Crippen molar-refractivity contribution in [3.63, 3.8) is 0 Å². The van der Waals surface area contributed by atoms with Crippen LogP contribution in [0.3, 0.4) is 0 Å². The fraction of sp³-hybridized carbons (Fsp3) is 0.259. The maximum atomic E-state index is 13.3. The molecule has 2 heterocycles. The molecule has 1 N–H and O–H groups in total. The van der Waals surface area contributed by atoms with Crippen LogP contribution >= 0.6 is 11.6 Å². The normalized spacial score (nSPS) is 13.8. The van der Waals surface area contributed by atoms with Crippen LogP contribution in [0.15, 0.2) is 60.8 Å². The first-order chi connectivity index (χ1) is 17.2. The Kier molecular flexibility index (Phi) is 7.67. The Labute approximate surface area is 214 Å². The van der Waals surface area contributed by atoms with Crippen LogP contribution in [0.2, 0.25) is 5.02 Å². The quantitative estimate of drug-likeness (QED) is 0.451. The van der Waals surface area contributed by atoms with Gasteiger partial charge < -0.3 is 19.6 Å². The Balaban J connectivity index is 1.64. The van der Waals surface area contributed by atoms with E-state index in [1.165, 1.54) is 19.1 Å². The summed E-state index contributed by atoms with van der Waals surface area (Å²) in [7, 11) is 1.87. The number of anilines is 3. The van der Waals surface area contributed by atoms with Crippen LogP contribution in [0.1, 0.15) is 46.2 Å². The van der Waals surface area contributed by atoms with E-state index in [4.69, 9.17) is 16.3 Å². The lowest BCUT2D eigenvalue weighted by atomic mass is 10.0. The molecule has 1 aliphatic rings. The smallest absolute Gasteiger partial charge is 0.335 e. The zero-order chi connectivity index (χ0) is 25.8. The maximum Gasteiger partial charge on any atom is 0.335 e. The second-order valence-electron chi connectivity index (χ2n) is 8.57. The van der Waals surface area contributed by atoms with Crippen LogP contribution in [0.25, 0.3) is 0 Å². The molecule has 3 aromatic rings. The molecule has 1 aliphatic heterocycles. The van der Waals surface area contributed by atoms with Gasteiger partial charge in [-0.15, -0.1) is 0 Å². The molecule has 0 aliphatic carbocycles. The Morgan fingerprint density at radius 2 is 1.58 bits per heavy atom. The average molecular weight is 508 g/mol. The number of carboxylic acids is 1. The highest BCUT2D eigenvalue weighted by molar-refractivity contribution is 6.30. The molecule has 1 amide bonds. The number of hydrogen-bond acceptors (Lipinski definition) is 6. The van der Waals surface area contributed by atoms with Crippen molar-refractivity contribution in [3.05, 3.63) is 82.6 Å². The molecule has 1 saturated heterocycles. The summed E-state index contributed by atoms with van der Waals surface area (Å²) < 4.78 is 5.40. The summed E-state index contributed by atoms with van der Waals surface area (Å²) in [5.74, 6) is -1.85. The van der Waals surface area contributed by atoms with Gasteiger partial charge in [0.2, 0.25) is 11.7 Å². The summed E-state index contributed by atoms with van der Waals surface area (Å²) in [6.45, 7) is 2.46. The molecule has 8 nitrogen and oxygen atoms in total. The Morgan fingerprint density at radius 1 is 0.944 bits per heavy atom. The van der Waals surface area contributed by atoms with E-state index < -0.39 is 11.8 Å². The first-order valence-corrected chi connectivity index (χ1v) is 11.9. The number of halogens is 1. The largest absolute Gasteiger partial charge is 0.478 e. The van der Waals surface area contributed by atoms with Crippen molar-refractivity contribution in [1.82, 2.24) is 4.98 Å². The molecular weight excluding hydrogens is 482 g/mol. The van der Waals surface area contributed by atoms with E-state index in [2.05, 4.69) is 4.98 Å². The molecule has 1 fully saturated rings. The number of carbonyl (C=O) groups is 3. The van der Waals surface area contributed by atoms with Crippen LogP contribution in [-0.2, 0) is 9.53 Å². The average Bonchev–Trinajstić information content (AvgIpc) is 2.88. The minimum Gasteiger partial charge on any atom is -0.478 e. The molecule has 0 radical (unpaired) electrons. The van der Waals surface area contributed by atoms with Gasteiger partial charge in [0.05, 0.1) is 17.4 Å². The lowest BCUT2D eigenvalue weighted by molar-refractivity contribution is -0.117. The van der Waals surface area contributed by atoms with Gasteiger partial charge >= 0.3 is 5.97 Å². The second-order valence-corrected chi connectivity index (χ2v) is 9.01. The number of ketones is 1. The number of hydrogen-bond donors (Lipinski definition) is 1. The number of ether oxygens (including phenoxy) is 1. The third-order valence-electron chi connectivity index (χ3n) is 6.18. The van der Waals surface area contributed by atoms with E-state index in [9.17, 15) is 19.5 Å². The monoisotopic (exact) mass is 507 g/mol. The number of benzene rings is 2. The number of rotatable bonds is 7. The standard InChI is InChI=1S/C27H26ClN3O5/c1-17(32)31(22-9-11-36-12-10-22)24-14-18(13-19(15-24)27(34)35)26(33)25-8-7-23(16-29-25)30(2)21-5-3-20(28)4-6-21/h3-8,13-16,22H,9-12H2,1-2H3,(H,34,35). The third kappa shape index (κ3) is 5.56. The topological polar surface area (TPSA) is 100 Å². The first kappa shape index (κ1) is 25.3. The fourth-order valence-electron chi connectivity index (χ4n) is 4.28. The molecule has 186 valence electrons. The molecule has 9 heteroatoms. The molecule has 0 saturated carbocycles. The van der Waals surface area contributed by atoms with Crippen molar-refractivity contribution >= 4 is 46.3 Å². The van der Waals surface area contributed by atoms with Crippen molar-refractivity contribution in [2.24, 2.45) is 0 Å². The predicted octanol–water partition coefficient (Wildman–Crippen LogP) is 4.96. The van der Waals surface area contributed by atoms with Crippen molar-refractivity contribution in [3.8, 4) is 0 Å². The van der Waals surface area contributed by atoms with E-state index in [1.807, 2.05) is 24.1 Å². The van der Waals surface area contributed by atoms with Crippen LogP contribution < -0.4 is 9.80 Å². The molecular formula is C27H26ClN3O5. The highest BCUT2D eigenvalue weighted by Gasteiger charge is 2.27. The highest BCUT2D eigenvalue weighted by Crippen LogP contribution is 2.28. The van der Waals surface area contributed by atoms with Crippen LogP contribution in [0.5, 0.6) is 0 Å². The van der Waals surface area contributed by atoms with E-state index in [0.29, 0.717) is 36.8 Å². The summed E-state index contributed by atoms with van der Waals surface area (Å²) in [5.41, 5.74) is 2.27. The Hall–Kier alpha value is -3.75. The van der Waals surface area contributed by atoms with Crippen molar-refractivity contribution in [2.75, 3.05) is 30.1 Å². The second kappa shape index (κ2) is 10.9. The number of nitrogens with zero attached hydrogens (tertiary/aromatic N) is 3. The minimum atomic E-state index is -1.19. The Bertz CT molecular complexity index is 1270. The van der Waals surface area contributed by atoms with E-state index >= 15 is 0 Å². The molecule has 0 bridgehead atoms. The summed E-state index contributed by atoms with van der Waals surface area (Å²) in [5, 5.41) is 10.3. The van der Waals surface area contributed by atoms with Gasteiger partial charge in [0, 0.05) is 55.2 Å². The first-order valence-electron chi connectivity index (χ1n) is 11.5. The van der Waals surface area contributed by atoms with Crippen molar-refractivity contribution < 1.29 is 24.2 Å². The van der Waals surface area contributed by atoms with Gasteiger partial charge in [-0.05, 0) is 67.4 Å². The number of amides is 1. The molecule has 0 spiro atoms. The van der Waals surface area contributed by atoms with Crippen molar-refractivity contribution in [2.45, 2.75) is 25.8 Å². The number of aromatic carboxylic acids is 1. The van der Waals surface area contributed by atoms with Crippen LogP contribution in [0.4, 0.5) is 17.1 Å². The van der Waals surface area contributed by atoms with Gasteiger partial charge in [-0.3, -0.25) is 14.6 Å². The van der Waals surface area contributed by atoms with E-state index in [1.54, 1.807) is 41.4 Å². The van der Waals surface area contributed by atoms with E-state index in [0.717, 1.165) is 11.4 Å². The van der Waals surface area contributed by atoms with E-state index in [-0.39, 0.29) is 28.8 Å². The molecule has 1 aromatic heterocycles. The number of carbonyl (C=O) groups excluding carboxylic acids is 2. The minimum absolute atomic E-state index is 0.0757. The molecule has 0 unspecified atom stereocenters. The van der Waals surface area contributed by atoms with Gasteiger partial charge in [0.1, 0.15) is 5.69 Å². The summed E-state index contributed by atoms with van der Waals surface area (Å²) in [4.78, 5) is 45.5. The van der Waals surface area contributed by atoms with Gasteiger partial charge in [-0.1, -0.05) is 11.6 Å². The zero-order valence-electron chi connectivity index (χ0n) is 20.0. The zero-order valence-corrected chi connectivity index (χ0v) is 20.7. The fourth-order valence-corrected chi connectivity index (χ4v) is 4.40. The molecule has 4 rings (SSSR count). The third-order valence-corrected chi connectivity index (χ3v) is 6.43. The molecule has 2 aromatic carbocycles. The number of carboxylic acid groups (broad SMARTS) is 1. The summed E-state index contributed by atoms with van der Waals surface area (Å²) >= 11 is 5.97. The predicted molar refractivity (Wildman–Crippen MR) is 138 cm³/mol. The number of aromatic nitrogens is 1. The van der Waals surface area contributed by atoms with Gasteiger partial charge in [0.25, 0.3) is 0 Å². The van der Waals surface area contributed by atoms with Gasteiger partial charge in [-0.2, -0.15) is 0 Å². The summed E-state index contributed by atoms with van der Waals surface area (Å²) in [6.07, 6.45) is 2.84. The van der Waals surface area contributed by atoms with Crippen LogP contribution in [0, 0.1) is 0 Å². The lowest BCUT2D eigenvalue weighted by Gasteiger charge is -2.34. The summed E-state index contributed by atoms with van der Waals surface area (Å²) in [6, 6.07) is 14.8. The van der Waals surface area contributed by atoms with Gasteiger partial charge in [-0.25, -0.2) is 4.79 Å². The Morgan fingerprint density at radius 3 is 2.17 bits per heavy atom. The maximum absolute atomic E-state index is 13.3. The number of pyridine rings is 1. The highest BCUT2D eigenvalue weighted by atomic mass is 35.5. The van der Waals surface area contributed by atoms with Crippen LogP contribution in [-0.4, -0.2) is 54.1 Å².